The van der Waals surface area contributed by atoms with E-state index in [0.717, 1.165) is 53.1 Å². The smallest absolute Gasteiger partial charge is 0.217 e. The first kappa shape index (κ1) is 18.8. The summed E-state index contributed by atoms with van der Waals surface area (Å²) in [4.78, 5) is 24.4. The minimum Gasteiger partial charge on any atom is -0.377 e. The van der Waals surface area contributed by atoms with Gasteiger partial charge in [0.05, 0.1) is 5.39 Å². The van der Waals surface area contributed by atoms with Gasteiger partial charge in [0.15, 0.2) is 5.82 Å². The van der Waals surface area contributed by atoms with Crippen LogP contribution in [0.25, 0.3) is 21.3 Å². The lowest BCUT2D eigenvalue weighted by molar-refractivity contribution is -0.119. The maximum atomic E-state index is 11.5. The summed E-state index contributed by atoms with van der Waals surface area (Å²) in [7, 11) is 1.66. The van der Waals surface area contributed by atoms with Crippen LogP contribution >= 0.6 is 11.3 Å². The molecule has 0 aliphatic carbocycles. The number of amides is 1. The highest BCUT2D eigenvalue weighted by atomic mass is 32.1. The first-order chi connectivity index (χ1) is 13.7. The van der Waals surface area contributed by atoms with E-state index in [4.69, 9.17) is 14.7 Å². The molecule has 7 heteroatoms. The van der Waals surface area contributed by atoms with E-state index in [1.54, 1.807) is 25.4 Å². The predicted molar refractivity (Wildman–Crippen MR) is 113 cm³/mol. The Morgan fingerprint density at radius 1 is 1.32 bits per heavy atom. The van der Waals surface area contributed by atoms with Crippen LogP contribution in [0.3, 0.4) is 0 Å². The van der Waals surface area contributed by atoms with Gasteiger partial charge in [0.2, 0.25) is 5.91 Å². The van der Waals surface area contributed by atoms with Crippen molar-refractivity contribution < 1.29 is 9.53 Å². The molecule has 1 amide bonds. The minimum atomic E-state index is 0.0141. The number of carbonyl (C=O) groups excluding carboxylic acids is 1. The quantitative estimate of drug-likeness (QED) is 0.714. The van der Waals surface area contributed by atoms with E-state index in [2.05, 4.69) is 27.7 Å². The number of nitrogens with one attached hydrogen (secondary N) is 1. The molecule has 1 fully saturated rings. The summed E-state index contributed by atoms with van der Waals surface area (Å²) in [6, 6.07) is 10.5. The van der Waals surface area contributed by atoms with Gasteiger partial charge in [-0.1, -0.05) is 30.3 Å². The van der Waals surface area contributed by atoms with Gasteiger partial charge < -0.3 is 15.0 Å². The van der Waals surface area contributed by atoms with Crippen molar-refractivity contribution in [1.82, 2.24) is 15.3 Å². The summed E-state index contributed by atoms with van der Waals surface area (Å²) in [5.41, 5.74) is 2.31. The average Bonchev–Trinajstić information content (AvgIpc) is 3.12. The third-order valence-corrected chi connectivity index (χ3v) is 5.82. The van der Waals surface area contributed by atoms with E-state index in [9.17, 15) is 4.79 Å². The van der Waals surface area contributed by atoms with Crippen molar-refractivity contribution in [2.75, 3.05) is 25.1 Å². The molecule has 3 heterocycles. The summed E-state index contributed by atoms with van der Waals surface area (Å²) < 4.78 is 5.29. The molecule has 1 saturated heterocycles. The van der Waals surface area contributed by atoms with Crippen molar-refractivity contribution in [2.24, 2.45) is 0 Å². The Morgan fingerprint density at radius 2 is 2.14 bits per heavy atom. The van der Waals surface area contributed by atoms with E-state index >= 15 is 0 Å². The number of benzene rings is 1. The van der Waals surface area contributed by atoms with Crippen LogP contribution in [0.15, 0.2) is 35.7 Å². The SMILES string of the molecule is COCc1nc(N2CCCC(NC(C)=O)C2)c2c(-c3ccccc3)csc2n1. The summed E-state index contributed by atoms with van der Waals surface area (Å²) in [5, 5.41) is 6.30. The summed E-state index contributed by atoms with van der Waals surface area (Å²) in [6.07, 6.45) is 2.01. The summed E-state index contributed by atoms with van der Waals surface area (Å²) in [6.45, 7) is 3.62. The number of rotatable bonds is 5. The molecule has 1 aromatic carbocycles. The Hall–Kier alpha value is -2.51. The van der Waals surface area contributed by atoms with Gasteiger partial charge in [-0.25, -0.2) is 9.97 Å². The molecule has 1 unspecified atom stereocenters. The van der Waals surface area contributed by atoms with Crippen molar-refractivity contribution in [3.05, 3.63) is 41.5 Å². The third-order valence-electron chi connectivity index (χ3n) is 4.95. The number of hydrogen-bond donors (Lipinski definition) is 1. The lowest BCUT2D eigenvalue weighted by Gasteiger charge is -2.34. The van der Waals surface area contributed by atoms with Crippen LogP contribution in [0, 0.1) is 0 Å². The van der Waals surface area contributed by atoms with Crippen molar-refractivity contribution in [1.29, 1.82) is 0 Å². The first-order valence-electron chi connectivity index (χ1n) is 9.50. The van der Waals surface area contributed by atoms with Crippen LogP contribution in [-0.4, -0.2) is 42.1 Å². The van der Waals surface area contributed by atoms with Gasteiger partial charge in [0, 0.05) is 44.1 Å². The van der Waals surface area contributed by atoms with Gasteiger partial charge >= 0.3 is 0 Å². The molecule has 3 aromatic rings. The number of anilines is 1. The van der Waals surface area contributed by atoms with E-state index in [1.165, 1.54) is 0 Å². The lowest BCUT2D eigenvalue weighted by Crippen LogP contribution is -2.47. The van der Waals surface area contributed by atoms with E-state index in [1.807, 2.05) is 18.2 Å². The van der Waals surface area contributed by atoms with E-state index < -0.39 is 0 Å². The van der Waals surface area contributed by atoms with Crippen molar-refractivity contribution in [2.45, 2.75) is 32.4 Å². The fourth-order valence-corrected chi connectivity index (χ4v) is 4.75. The standard InChI is InChI=1S/C21H24N4O2S/c1-14(26)22-16-9-6-10-25(11-16)20-19-17(15-7-4-3-5-8-15)13-28-21(19)24-18(23-20)12-27-2/h3-5,7-8,13,16H,6,9-12H2,1-2H3,(H,22,26). The minimum absolute atomic E-state index is 0.0141. The molecule has 0 bridgehead atoms. The van der Waals surface area contributed by atoms with Gasteiger partial charge in [-0.15, -0.1) is 11.3 Å². The topological polar surface area (TPSA) is 67.3 Å². The van der Waals surface area contributed by atoms with Gasteiger partial charge in [-0.3, -0.25) is 4.79 Å². The molecule has 1 atom stereocenters. The summed E-state index contributed by atoms with van der Waals surface area (Å²) >= 11 is 1.64. The number of nitrogens with zero attached hydrogens (tertiary/aromatic N) is 3. The van der Waals surface area contributed by atoms with Gasteiger partial charge in [0.25, 0.3) is 0 Å². The van der Waals surface area contributed by atoms with Crippen LogP contribution in [0.2, 0.25) is 0 Å². The van der Waals surface area contributed by atoms with Gasteiger partial charge in [0.1, 0.15) is 17.3 Å². The zero-order chi connectivity index (χ0) is 19.5. The molecule has 0 spiro atoms. The van der Waals surface area contributed by atoms with E-state index in [-0.39, 0.29) is 11.9 Å². The Labute approximate surface area is 168 Å². The lowest BCUT2D eigenvalue weighted by atomic mass is 10.0. The molecule has 0 saturated carbocycles. The third kappa shape index (κ3) is 3.86. The maximum absolute atomic E-state index is 11.5. The van der Waals surface area contributed by atoms with Crippen LogP contribution in [0.4, 0.5) is 5.82 Å². The highest BCUT2D eigenvalue weighted by Crippen LogP contribution is 2.39. The largest absolute Gasteiger partial charge is 0.377 e. The predicted octanol–water partition coefficient (Wildman–Crippen LogP) is 3.61. The number of hydrogen-bond acceptors (Lipinski definition) is 6. The Morgan fingerprint density at radius 3 is 2.89 bits per heavy atom. The van der Waals surface area contributed by atoms with Crippen LogP contribution in [0.1, 0.15) is 25.6 Å². The Bertz CT molecular complexity index is 973. The molecule has 1 aliphatic rings. The van der Waals surface area contributed by atoms with Gasteiger partial charge in [-0.2, -0.15) is 0 Å². The van der Waals surface area contributed by atoms with Crippen molar-refractivity contribution >= 4 is 33.3 Å². The van der Waals surface area contributed by atoms with Gasteiger partial charge in [-0.05, 0) is 18.4 Å². The fourth-order valence-electron chi connectivity index (χ4n) is 3.79. The highest BCUT2D eigenvalue weighted by molar-refractivity contribution is 7.17. The first-order valence-corrected chi connectivity index (χ1v) is 10.4. The molecule has 6 nitrogen and oxygen atoms in total. The number of carbonyl (C=O) groups is 1. The average molecular weight is 397 g/mol. The zero-order valence-corrected chi connectivity index (χ0v) is 17.0. The zero-order valence-electron chi connectivity index (χ0n) is 16.1. The second kappa shape index (κ2) is 8.24. The molecule has 0 radical (unpaired) electrons. The Balaban J connectivity index is 1.80. The number of thiophene rings is 1. The Kier molecular flexibility index (Phi) is 5.54. The van der Waals surface area contributed by atoms with Crippen LogP contribution in [0.5, 0.6) is 0 Å². The maximum Gasteiger partial charge on any atom is 0.217 e. The highest BCUT2D eigenvalue weighted by Gasteiger charge is 2.25. The molecule has 28 heavy (non-hydrogen) atoms. The molecular weight excluding hydrogens is 372 g/mol. The summed E-state index contributed by atoms with van der Waals surface area (Å²) in [5.74, 6) is 1.64. The molecular formula is C21H24N4O2S. The number of ether oxygens (including phenoxy) is 1. The molecule has 4 rings (SSSR count). The molecule has 1 aliphatic heterocycles. The van der Waals surface area contributed by atoms with Crippen molar-refractivity contribution in [3.8, 4) is 11.1 Å². The van der Waals surface area contributed by atoms with Crippen LogP contribution < -0.4 is 10.2 Å². The molecule has 2 aromatic heterocycles. The monoisotopic (exact) mass is 396 g/mol. The van der Waals surface area contributed by atoms with Crippen molar-refractivity contribution in [3.63, 3.8) is 0 Å². The fraction of sp³-hybridized carbons (Fsp3) is 0.381. The number of methoxy groups -OCH3 is 1. The second-order valence-corrected chi connectivity index (χ2v) is 7.94. The number of aromatic nitrogens is 2. The van der Waals surface area contributed by atoms with Crippen LogP contribution in [-0.2, 0) is 16.1 Å². The van der Waals surface area contributed by atoms with E-state index in [0.29, 0.717) is 12.4 Å². The number of fused-ring (bicyclic) bond motifs is 1. The normalized spacial score (nSPS) is 17.1. The molecule has 1 N–H and O–H groups in total. The number of piperidine rings is 1. The molecule has 146 valence electrons. The second-order valence-electron chi connectivity index (χ2n) is 7.08.